The minimum Gasteiger partial charge on any atom is -0.457 e. The van der Waals surface area contributed by atoms with E-state index in [0.717, 1.165) is 134 Å². The van der Waals surface area contributed by atoms with Crippen LogP contribution in [0.15, 0.2) is 53.8 Å². The summed E-state index contributed by atoms with van der Waals surface area (Å²) in [6.07, 6.45) is 14.5. The lowest BCUT2D eigenvalue weighted by molar-refractivity contribution is -0.136. The van der Waals surface area contributed by atoms with E-state index < -0.39 is 24.3 Å². The Morgan fingerprint density at radius 1 is 0.742 bits per heavy atom. The van der Waals surface area contributed by atoms with Crippen molar-refractivity contribution < 1.29 is 33.4 Å². The molecule has 4 fully saturated rings. The van der Waals surface area contributed by atoms with E-state index in [2.05, 4.69) is 53.7 Å². The molecule has 14 heteroatoms. The zero-order chi connectivity index (χ0) is 43.1. The molecule has 0 unspecified atom stereocenters. The van der Waals surface area contributed by atoms with E-state index in [9.17, 15) is 19.2 Å². The van der Waals surface area contributed by atoms with Crippen molar-refractivity contribution in [3.63, 3.8) is 0 Å². The summed E-state index contributed by atoms with van der Waals surface area (Å²) in [5.74, 6) is 2.45. The lowest BCUT2D eigenvalue weighted by atomic mass is 9.75. The van der Waals surface area contributed by atoms with Crippen molar-refractivity contribution in [1.82, 2.24) is 30.4 Å². The van der Waals surface area contributed by atoms with Gasteiger partial charge in [-0.2, -0.15) is 0 Å². The average Bonchev–Trinajstić information content (AvgIpc) is 4.13. The van der Waals surface area contributed by atoms with Crippen molar-refractivity contribution >= 4 is 35.3 Å². The second-order valence-corrected chi connectivity index (χ2v) is 18.5. The topological polar surface area (TPSA) is 168 Å². The predicted octanol–water partition coefficient (Wildman–Crippen LogP) is 8.18. The summed E-state index contributed by atoms with van der Waals surface area (Å²) < 4.78 is 16.5. The van der Waals surface area contributed by atoms with Gasteiger partial charge in [0.2, 0.25) is 11.8 Å². The number of nitrogens with zero attached hydrogens (tertiary/aromatic N) is 4. The van der Waals surface area contributed by atoms with Gasteiger partial charge in [0.1, 0.15) is 29.4 Å². The molecular formula is C48H59N7O7. The Labute approximate surface area is 363 Å². The van der Waals surface area contributed by atoms with Gasteiger partial charge in [-0.25, -0.2) is 14.6 Å². The highest BCUT2D eigenvalue weighted by Crippen LogP contribution is 2.50. The number of carbonyl (C=O) groups is 4. The molecule has 2 saturated heterocycles. The monoisotopic (exact) mass is 845 g/mol. The van der Waals surface area contributed by atoms with Gasteiger partial charge in [-0.05, 0) is 98.6 Å². The third-order valence-electron chi connectivity index (χ3n) is 14.5. The Balaban J connectivity index is 0.881. The van der Waals surface area contributed by atoms with Crippen molar-refractivity contribution in [1.29, 1.82) is 0 Å². The quantitative estimate of drug-likeness (QED) is 0.184. The number of ether oxygens (including phenoxy) is 3. The molecule has 0 radical (unpaired) electrons. The zero-order valence-corrected chi connectivity index (χ0v) is 36.3. The number of hydrogen-bond acceptors (Lipinski definition) is 9. The Morgan fingerprint density at radius 2 is 1.34 bits per heavy atom. The van der Waals surface area contributed by atoms with Gasteiger partial charge >= 0.3 is 12.2 Å². The highest BCUT2D eigenvalue weighted by Gasteiger charge is 2.43. The maximum atomic E-state index is 14.0. The molecular weight excluding hydrogens is 787 g/mol. The number of aromatic nitrogens is 2. The number of imidazole rings is 1. The number of alkyl carbamates (subject to hydrolysis) is 2. The molecule has 4 atom stereocenters. The van der Waals surface area contributed by atoms with Crippen LogP contribution in [0.4, 0.5) is 9.59 Å². The fourth-order valence-electron chi connectivity index (χ4n) is 11.1. The normalized spacial score (nSPS) is 22.9. The number of H-pyrrole nitrogens is 1. The first-order valence-corrected chi connectivity index (χ1v) is 22.6. The van der Waals surface area contributed by atoms with Crippen LogP contribution in [0.2, 0.25) is 0 Å². The molecule has 14 nitrogen and oxygen atoms in total. The van der Waals surface area contributed by atoms with Gasteiger partial charge < -0.3 is 39.6 Å². The molecule has 6 aliphatic rings. The maximum absolute atomic E-state index is 14.0. The third kappa shape index (κ3) is 7.85. The van der Waals surface area contributed by atoms with Crippen LogP contribution in [-0.2, 0) is 24.5 Å². The first-order valence-electron chi connectivity index (χ1n) is 22.6. The van der Waals surface area contributed by atoms with Crippen LogP contribution in [0.5, 0.6) is 11.5 Å². The number of allylic oxidation sites excluding steroid dienone is 1. The van der Waals surface area contributed by atoms with Crippen molar-refractivity contribution in [3.05, 3.63) is 71.3 Å². The number of likely N-dealkylation sites (tertiary alicyclic amines) is 2. The summed E-state index contributed by atoms with van der Waals surface area (Å²) >= 11 is 0. The highest BCUT2D eigenvalue weighted by molar-refractivity contribution is 6.04. The van der Waals surface area contributed by atoms with Crippen LogP contribution >= 0.6 is 0 Å². The summed E-state index contributed by atoms with van der Waals surface area (Å²) in [7, 11) is 2.67. The molecule has 2 aromatic carbocycles. The SMILES string of the molecule is COC(=O)N[C@H](C(=O)N1CCC[C@H]1C1=NC=C(c2ccc3c(c2)Oc2ccc(-c4cnc([C@@H]5CCCN5C(=O)[C@@H](NC(=O)OC)C5CCCC5)[nH]4)cc2C3(C)C)C1)C1CCCC1. The van der Waals surface area contributed by atoms with E-state index in [1.807, 2.05) is 34.3 Å². The summed E-state index contributed by atoms with van der Waals surface area (Å²) in [6.45, 7) is 5.69. The number of aromatic amines is 1. The van der Waals surface area contributed by atoms with Crippen LogP contribution in [0.25, 0.3) is 16.8 Å². The number of nitrogens with one attached hydrogen (secondary N) is 3. The third-order valence-corrected chi connectivity index (χ3v) is 14.5. The number of carbonyl (C=O) groups excluding carboxylic acids is 4. The van der Waals surface area contributed by atoms with Crippen molar-refractivity contribution in [3.8, 4) is 22.8 Å². The number of benzene rings is 2. The van der Waals surface area contributed by atoms with Crippen molar-refractivity contribution in [2.24, 2.45) is 16.8 Å². The molecule has 328 valence electrons. The van der Waals surface area contributed by atoms with E-state index in [0.29, 0.717) is 19.5 Å². The van der Waals surface area contributed by atoms with E-state index in [4.69, 9.17) is 24.2 Å². The lowest BCUT2D eigenvalue weighted by Crippen LogP contribution is -2.54. The van der Waals surface area contributed by atoms with Gasteiger partial charge in [0.15, 0.2) is 0 Å². The number of methoxy groups -OCH3 is 2. The Morgan fingerprint density at radius 3 is 1.97 bits per heavy atom. The number of aliphatic imine (C=N–C) groups is 1. The molecule has 2 saturated carbocycles. The Bertz CT molecular complexity index is 2290. The molecule has 9 rings (SSSR count). The van der Waals surface area contributed by atoms with E-state index >= 15 is 0 Å². The Kier molecular flexibility index (Phi) is 11.6. The summed E-state index contributed by atoms with van der Waals surface area (Å²) in [5.41, 5.74) is 6.69. The number of hydrogen-bond donors (Lipinski definition) is 3. The van der Waals surface area contributed by atoms with Gasteiger partial charge in [0.25, 0.3) is 0 Å². The second-order valence-electron chi connectivity index (χ2n) is 18.5. The van der Waals surface area contributed by atoms with E-state index in [1.54, 1.807) is 0 Å². The van der Waals surface area contributed by atoms with Gasteiger partial charge in [-0.15, -0.1) is 0 Å². The average molecular weight is 846 g/mol. The largest absolute Gasteiger partial charge is 0.457 e. The van der Waals surface area contributed by atoms with Crippen molar-refractivity contribution in [2.45, 2.75) is 127 Å². The van der Waals surface area contributed by atoms with Gasteiger partial charge in [-0.3, -0.25) is 14.6 Å². The van der Waals surface area contributed by atoms with Gasteiger partial charge in [-0.1, -0.05) is 51.7 Å². The molecule has 5 heterocycles. The van der Waals surface area contributed by atoms with Crippen molar-refractivity contribution in [2.75, 3.05) is 27.3 Å². The standard InChI is InChI=1S/C48H59N7O7/c1-48(2)33-19-17-30(32-24-35(49-26-32)37-15-9-21-54(37)44(56)41(52-46(58)60-3)28-11-5-6-12-28)25-40(33)62-39-20-18-31(23-34(39)48)36-27-50-43(51-36)38-16-10-22-55(38)45(57)42(53-47(59)61-4)29-13-7-8-14-29/h17-20,23,25-29,37-38,41-42H,5-16,21-22,24H2,1-4H3,(H,50,51)(H,52,58)(H,53,59)/t37-,38-,41-,42-/m0/s1. The fraction of sp³-hybridized carbons (Fsp3) is 0.542. The molecule has 4 amide bonds. The predicted molar refractivity (Wildman–Crippen MR) is 234 cm³/mol. The molecule has 0 spiro atoms. The summed E-state index contributed by atoms with van der Waals surface area (Å²) in [6, 6.07) is 11.1. The highest BCUT2D eigenvalue weighted by atomic mass is 16.5. The van der Waals surface area contributed by atoms with E-state index in [1.165, 1.54) is 14.2 Å². The summed E-state index contributed by atoms with van der Waals surface area (Å²) in [5, 5.41) is 5.72. The summed E-state index contributed by atoms with van der Waals surface area (Å²) in [4.78, 5) is 69.7. The smallest absolute Gasteiger partial charge is 0.407 e. The van der Waals surface area contributed by atoms with Crippen LogP contribution in [0.3, 0.4) is 0 Å². The molecule has 2 aliphatic carbocycles. The van der Waals surface area contributed by atoms with E-state index in [-0.39, 0.29) is 41.1 Å². The maximum Gasteiger partial charge on any atom is 0.407 e. The van der Waals surface area contributed by atoms with Gasteiger partial charge in [0, 0.05) is 53.5 Å². The number of rotatable bonds is 10. The minimum atomic E-state index is -0.610. The number of fused-ring (bicyclic) bond motifs is 2. The van der Waals surface area contributed by atoms with Crippen LogP contribution in [-0.4, -0.2) is 94.9 Å². The Hall–Kier alpha value is -5.66. The second kappa shape index (κ2) is 17.2. The van der Waals surface area contributed by atoms with Gasteiger partial charge in [0.05, 0.1) is 38.2 Å². The molecule has 3 N–H and O–H groups in total. The minimum absolute atomic E-state index is 0.0357. The van der Waals surface area contributed by atoms with Crippen LogP contribution < -0.4 is 15.4 Å². The molecule has 1 aromatic heterocycles. The molecule has 62 heavy (non-hydrogen) atoms. The van der Waals surface area contributed by atoms with Crippen LogP contribution in [0.1, 0.15) is 126 Å². The molecule has 4 aliphatic heterocycles. The van der Waals surface area contributed by atoms with Crippen LogP contribution in [0, 0.1) is 11.8 Å². The first kappa shape index (κ1) is 41.7. The fourth-order valence-corrected chi connectivity index (χ4v) is 11.1. The lowest BCUT2D eigenvalue weighted by Gasteiger charge is -2.35. The zero-order valence-electron chi connectivity index (χ0n) is 36.3. The first-order chi connectivity index (χ1) is 30.0. The number of amides is 4. The molecule has 0 bridgehead atoms. The molecule has 3 aromatic rings.